The Hall–Kier alpha value is -2.69. The van der Waals surface area contributed by atoms with Crippen LogP contribution >= 0.6 is 15.9 Å². The molecule has 1 N–H and O–H groups in total. The molecule has 0 spiro atoms. The van der Waals surface area contributed by atoms with Gasteiger partial charge in [-0.3, -0.25) is 0 Å². The normalized spacial score (nSPS) is 16.9. The number of nitrogens with one attached hydrogen (secondary N) is 1. The molecule has 29 heavy (non-hydrogen) atoms. The SMILES string of the molecule is COC(=O)OC1=C(C)NC(CBr)=C(OC(=O)OC)C1c1ccccc1C(F)(F)F. The van der Waals surface area contributed by atoms with Crippen molar-refractivity contribution in [1.82, 2.24) is 5.32 Å². The van der Waals surface area contributed by atoms with Crippen LogP contribution in [0.4, 0.5) is 22.8 Å². The van der Waals surface area contributed by atoms with Crippen LogP contribution in [0.15, 0.2) is 47.2 Å². The van der Waals surface area contributed by atoms with Crippen LogP contribution in [-0.2, 0) is 25.1 Å². The fourth-order valence-electron chi connectivity index (χ4n) is 2.77. The van der Waals surface area contributed by atoms with Gasteiger partial charge < -0.3 is 24.3 Å². The minimum Gasteiger partial charge on any atom is -0.437 e. The number of dihydropyridines is 1. The number of carbonyl (C=O) groups is 2. The lowest BCUT2D eigenvalue weighted by Crippen LogP contribution is -2.31. The van der Waals surface area contributed by atoms with Gasteiger partial charge in [0.05, 0.1) is 31.2 Å². The maximum atomic E-state index is 13.7. The van der Waals surface area contributed by atoms with E-state index >= 15 is 0 Å². The monoisotopic (exact) mass is 479 g/mol. The van der Waals surface area contributed by atoms with Gasteiger partial charge >= 0.3 is 18.5 Å². The third-order valence-corrected chi connectivity index (χ3v) is 4.52. The molecule has 0 aliphatic carbocycles. The van der Waals surface area contributed by atoms with Crippen molar-refractivity contribution in [3.05, 3.63) is 58.3 Å². The Bertz CT molecular complexity index is 865. The average Bonchev–Trinajstić information content (AvgIpc) is 2.69. The maximum absolute atomic E-state index is 13.7. The standard InChI is InChI=1S/C18H17BrF3NO6/c1-9-14(28-16(24)26-2)13(10-6-4-5-7-11(10)18(20,21)22)15(12(8-19)23-9)29-17(25)27-3/h4-7,13,23H,8H2,1-3H3. The lowest BCUT2D eigenvalue weighted by molar-refractivity contribution is -0.138. The lowest BCUT2D eigenvalue weighted by atomic mass is 9.87. The van der Waals surface area contributed by atoms with Crippen LogP contribution in [0, 0.1) is 0 Å². The third kappa shape index (κ3) is 5.03. The van der Waals surface area contributed by atoms with E-state index in [9.17, 15) is 22.8 Å². The number of hydrogen-bond donors (Lipinski definition) is 1. The van der Waals surface area contributed by atoms with Crippen LogP contribution in [0.5, 0.6) is 0 Å². The number of ether oxygens (including phenoxy) is 4. The summed E-state index contributed by atoms with van der Waals surface area (Å²) in [6.07, 6.45) is -7.00. The van der Waals surface area contributed by atoms with Crippen molar-refractivity contribution < 1.29 is 41.7 Å². The molecule has 1 aliphatic rings. The van der Waals surface area contributed by atoms with Crippen LogP contribution < -0.4 is 5.32 Å². The number of benzene rings is 1. The Balaban J connectivity index is 2.75. The fraction of sp³-hybridized carbons (Fsp3) is 0.333. The summed E-state index contributed by atoms with van der Waals surface area (Å²) in [4.78, 5) is 23.5. The zero-order chi connectivity index (χ0) is 21.8. The van der Waals surface area contributed by atoms with E-state index in [0.29, 0.717) is 0 Å². The first-order valence-electron chi connectivity index (χ1n) is 8.08. The molecule has 0 aromatic heterocycles. The Morgan fingerprint density at radius 2 is 1.62 bits per heavy atom. The molecular weight excluding hydrogens is 463 g/mol. The van der Waals surface area contributed by atoms with E-state index in [1.165, 1.54) is 25.1 Å². The molecule has 7 nitrogen and oxygen atoms in total. The largest absolute Gasteiger partial charge is 0.513 e. The number of hydrogen-bond acceptors (Lipinski definition) is 7. The molecule has 2 rings (SSSR count). The van der Waals surface area contributed by atoms with Gasteiger partial charge in [-0.15, -0.1) is 0 Å². The predicted molar refractivity (Wildman–Crippen MR) is 97.8 cm³/mol. The van der Waals surface area contributed by atoms with Crippen LogP contribution in [0.3, 0.4) is 0 Å². The summed E-state index contributed by atoms with van der Waals surface area (Å²) in [6, 6.07) is 4.70. The molecule has 0 saturated heterocycles. The summed E-state index contributed by atoms with van der Waals surface area (Å²) < 4.78 is 60.3. The molecular formula is C18H17BrF3NO6. The fourth-order valence-corrected chi connectivity index (χ4v) is 3.18. The highest BCUT2D eigenvalue weighted by Crippen LogP contribution is 2.44. The van der Waals surface area contributed by atoms with Crippen molar-refractivity contribution in [2.75, 3.05) is 19.5 Å². The van der Waals surface area contributed by atoms with Crippen molar-refractivity contribution in [3.63, 3.8) is 0 Å². The van der Waals surface area contributed by atoms with Crippen LogP contribution in [0.2, 0.25) is 0 Å². The average molecular weight is 480 g/mol. The number of methoxy groups -OCH3 is 2. The highest BCUT2D eigenvalue weighted by Gasteiger charge is 2.42. The summed E-state index contributed by atoms with van der Waals surface area (Å²) in [5, 5.41) is 2.95. The van der Waals surface area contributed by atoms with Crippen molar-refractivity contribution in [3.8, 4) is 0 Å². The van der Waals surface area contributed by atoms with Gasteiger partial charge in [-0.25, -0.2) is 9.59 Å². The molecule has 1 aromatic rings. The zero-order valence-electron chi connectivity index (χ0n) is 15.6. The van der Waals surface area contributed by atoms with E-state index in [0.717, 1.165) is 20.3 Å². The molecule has 0 radical (unpaired) electrons. The predicted octanol–water partition coefficient (Wildman–Crippen LogP) is 4.80. The molecule has 1 aromatic carbocycles. The molecule has 1 heterocycles. The van der Waals surface area contributed by atoms with Gasteiger partial charge in [-0.1, -0.05) is 34.1 Å². The van der Waals surface area contributed by atoms with E-state index in [1.54, 1.807) is 0 Å². The first-order valence-corrected chi connectivity index (χ1v) is 9.20. The number of carbonyl (C=O) groups excluding carboxylic acids is 2. The number of allylic oxidation sites excluding steroid dienone is 2. The van der Waals surface area contributed by atoms with Gasteiger partial charge in [0.25, 0.3) is 0 Å². The van der Waals surface area contributed by atoms with Crippen LogP contribution in [0.25, 0.3) is 0 Å². The number of halogens is 4. The van der Waals surface area contributed by atoms with Crippen LogP contribution in [-0.4, -0.2) is 31.9 Å². The summed E-state index contributed by atoms with van der Waals surface area (Å²) in [5.41, 5.74) is -0.765. The van der Waals surface area contributed by atoms with E-state index in [1.807, 2.05) is 0 Å². The second-order valence-electron chi connectivity index (χ2n) is 5.72. The summed E-state index contributed by atoms with van der Waals surface area (Å²) in [6.45, 7) is 1.50. The molecule has 1 aliphatic heterocycles. The lowest BCUT2D eigenvalue weighted by Gasteiger charge is -2.31. The number of rotatable bonds is 4. The van der Waals surface area contributed by atoms with Gasteiger partial charge in [-0.05, 0) is 18.6 Å². The van der Waals surface area contributed by atoms with Gasteiger partial charge in [0, 0.05) is 5.33 Å². The van der Waals surface area contributed by atoms with Crippen LogP contribution in [0.1, 0.15) is 24.0 Å². The molecule has 0 saturated carbocycles. The number of alkyl halides is 4. The van der Waals surface area contributed by atoms with Gasteiger partial charge in [0.15, 0.2) is 0 Å². The van der Waals surface area contributed by atoms with Crippen molar-refractivity contribution in [2.24, 2.45) is 0 Å². The second kappa shape index (κ2) is 9.21. The minimum atomic E-state index is -4.71. The molecule has 0 amide bonds. The van der Waals surface area contributed by atoms with E-state index in [2.05, 4.69) is 30.7 Å². The molecule has 1 unspecified atom stereocenters. The Morgan fingerprint density at radius 3 is 2.14 bits per heavy atom. The summed E-state index contributed by atoms with van der Waals surface area (Å²) in [5.74, 6) is -1.80. The third-order valence-electron chi connectivity index (χ3n) is 3.96. The van der Waals surface area contributed by atoms with Crippen molar-refractivity contribution in [2.45, 2.75) is 19.0 Å². The first-order chi connectivity index (χ1) is 13.6. The topological polar surface area (TPSA) is 83.1 Å². The Labute approximate surface area is 172 Å². The van der Waals surface area contributed by atoms with E-state index < -0.39 is 30.0 Å². The van der Waals surface area contributed by atoms with E-state index in [4.69, 9.17) is 9.47 Å². The Morgan fingerprint density at radius 1 is 1.07 bits per heavy atom. The van der Waals surface area contributed by atoms with Gasteiger partial charge in [-0.2, -0.15) is 13.2 Å². The second-order valence-corrected chi connectivity index (χ2v) is 6.28. The molecule has 158 valence electrons. The minimum absolute atomic E-state index is 0.104. The quantitative estimate of drug-likeness (QED) is 0.490. The van der Waals surface area contributed by atoms with Crippen molar-refractivity contribution >= 4 is 28.2 Å². The highest BCUT2D eigenvalue weighted by atomic mass is 79.9. The van der Waals surface area contributed by atoms with E-state index in [-0.39, 0.29) is 33.8 Å². The summed E-state index contributed by atoms with van der Waals surface area (Å²) in [7, 11) is 2.11. The molecule has 1 atom stereocenters. The molecule has 11 heteroatoms. The summed E-state index contributed by atoms with van der Waals surface area (Å²) >= 11 is 3.20. The first kappa shape index (κ1) is 22.6. The maximum Gasteiger partial charge on any atom is 0.513 e. The smallest absolute Gasteiger partial charge is 0.437 e. The zero-order valence-corrected chi connectivity index (χ0v) is 17.1. The molecule has 0 fully saturated rings. The molecule has 0 bridgehead atoms. The Kier molecular flexibility index (Phi) is 7.17. The van der Waals surface area contributed by atoms with Gasteiger partial charge in [0.2, 0.25) is 0 Å². The van der Waals surface area contributed by atoms with Gasteiger partial charge in [0.1, 0.15) is 17.4 Å². The van der Waals surface area contributed by atoms with Crippen molar-refractivity contribution in [1.29, 1.82) is 0 Å². The highest BCUT2D eigenvalue weighted by molar-refractivity contribution is 9.09.